The summed E-state index contributed by atoms with van der Waals surface area (Å²) in [4.78, 5) is 17.3. The minimum absolute atomic E-state index is 0.211. The molecule has 286 valence electrons. The summed E-state index contributed by atoms with van der Waals surface area (Å²) in [7, 11) is 0. The molecule has 7 aromatic rings. The van der Waals surface area contributed by atoms with E-state index in [0.29, 0.717) is 56.0 Å². The van der Waals surface area contributed by atoms with E-state index in [2.05, 4.69) is 34.2 Å². The smallest absolute Gasteiger partial charge is 0.134 e. The van der Waals surface area contributed by atoms with Gasteiger partial charge in [-0.15, -0.1) is 0 Å². The SMILES string of the molecule is Cc1cc(C)c(-c2c3nc(c(-c4c(F)cccc4F)c4ccc([nH]4)c(-c4c(C)cc(C)cc4C)c4nc(c(-c5c(F)cccc5F)c5ccc2[nH]5)C=C4)C=C3)c(C)c1. The third-order valence-electron chi connectivity index (χ3n) is 11.0. The normalized spacial score (nSPS) is 12.2. The Labute approximate surface area is 333 Å². The molecule has 0 aliphatic carbocycles. The highest BCUT2D eigenvalue weighted by atomic mass is 19.1. The third kappa shape index (κ3) is 6.07. The Balaban J connectivity index is 1.54. The highest BCUT2D eigenvalue weighted by Gasteiger charge is 2.24. The summed E-state index contributed by atoms with van der Waals surface area (Å²) in [5.74, 6) is -2.91. The Bertz CT molecular complexity index is 2830. The van der Waals surface area contributed by atoms with Gasteiger partial charge < -0.3 is 9.97 Å². The summed E-state index contributed by atoms with van der Waals surface area (Å²) in [6.45, 7) is 12.2. The minimum Gasteiger partial charge on any atom is -0.354 e. The van der Waals surface area contributed by atoms with Gasteiger partial charge in [-0.05, 0) is 148 Å². The molecule has 2 aliphatic rings. The van der Waals surface area contributed by atoms with E-state index in [9.17, 15) is 0 Å². The first-order valence-corrected chi connectivity index (χ1v) is 19.1. The molecule has 4 nitrogen and oxygen atoms in total. The molecule has 8 heteroatoms. The summed E-state index contributed by atoms with van der Waals surface area (Å²) in [5.41, 5.74) is 13.3. The molecule has 0 amide bonds. The van der Waals surface area contributed by atoms with Crippen LogP contribution in [0.1, 0.15) is 56.2 Å². The Hall–Kier alpha value is -6.80. The summed E-state index contributed by atoms with van der Waals surface area (Å²) in [5, 5.41) is 0. The molecule has 9 rings (SSSR count). The van der Waals surface area contributed by atoms with Gasteiger partial charge in [0.2, 0.25) is 0 Å². The molecule has 0 atom stereocenters. The van der Waals surface area contributed by atoms with Crippen LogP contribution in [0.15, 0.2) is 84.9 Å². The number of hydrogen-bond donors (Lipinski definition) is 2. The molecule has 0 saturated heterocycles. The maximum Gasteiger partial charge on any atom is 0.134 e. The van der Waals surface area contributed by atoms with Crippen molar-refractivity contribution in [1.29, 1.82) is 0 Å². The first-order chi connectivity index (χ1) is 27.9. The average molecular weight is 771 g/mol. The molecule has 4 aromatic carbocycles. The van der Waals surface area contributed by atoms with Gasteiger partial charge in [0, 0.05) is 44.3 Å². The van der Waals surface area contributed by atoms with E-state index in [1.165, 1.54) is 36.4 Å². The second-order valence-electron chi connectivity index (χ2n) is 15.2. The van der Waals surface area contributed by atoms with Gasteiger partial charge in [0.25, 0.3) is 0 Å². The van der Waals surface area contributed by atoms with Crippen LogP contribution in [0, 0.1) is 64.8 Å². The van der Waals surface area contributed by atoms with Crippen molar-refractivity contribution in [3.8, 4) is 44.5 Å². The van der Waals surface area contributed by atoms with Crippen LogP contribution in [0.2, 0.25) is 0 Å². The number of benzene rings is 4. The number of rotatable bonds is 4. The Morgan fingerprint density at radius 3 is 0.879 bits per heavy atom. The van der Waals surface area contributed by atoms with Crippen molar-refractivity contribution in [2.45, 2.75) is 41.5 Å². The molecule has 5 heterocycles. The molecular weight excluding hydrogens is 733 g/mol. The van der Waals surface area contributed by atoms with Crippen molar-refractivity contribution in [3.05, 3.63) is 164 Å². The number of aromatic nitrogens is 4. The molecule has 0 spiro atoms. The second kappa shape index (κ2) is 14.0. The first kappa shape index (κ1) is 36.8. The van der Waals surface area contributed by atoms with Gasteiger partial charge in [-0.2, -0.15) is 0 Å². The Kier molecular flexibility index (Phi) is 8.88. The fourth-order valence-corrected chi connectivity index (χ4v) is 8.88. The highest BCUT2D eigenvalue weighted by Crippen LogP contribution is 2.42. The first-order valence-electron chi connectivity index (χ1n) is 19.1. The Morgan fingerprint density at radius 2 is 0.603 bits per heavy atom. The lowest BCUT2D eigenvalue weighted by Crippen LogP contribution is -1.96. The quantitative estimate of drug-likeness (QED) is 0.175. The molecular formula is C50H38F4N4. The van der Waals surface area contributed by atoms with Crippen LogP contribution in [0.4, 0.5) is 17.6 Å². The summed E-state index contributed by atoms with van der Waals surface area (Å²) in [6.07, 6.45) is 7.22. The van der Waals surface area contributed by atoms with Gasteiger partial charge >= 0.3 is 0 Å². The molecule has 0 saturated carbocycles. The largest absolute Gasteiger partial charge is 0.354 e. The molecule has 0 unspecified atom stereocenters. The van der Waals surface area contributed by atoms with Crippen LogP contribution < -0.4 is 0 Å². The summed E-state index contributed by atoms with van der Waals surface area (Å²) < 4.78 is 63.9. The van der Waals surface area contributed by atoms with Crippen molar-refractivity contribution in [2.24, 2.45) is 0 Å². The number of nitrogens with zero attached hydrogens (tertiary/aromatic N) is 2. The van der Waals surface area contributed by atoms with E-state index in [1.54, 1.807) is 24.3 Å². The molecule has 58 heavy (non-hydrogen) atoms. The zero-order chi connectivity index (χ0) is 40.6. The molecule has 2 N–H and O–H groups in total. The number of halogens is 4. The number of nitrogens with one attached hydrogen (secondary N) is 2. The van der Waals surface area contributed by atoms with Gasteiger partial charge in [0.15, 0.2) is 0 Å². The van der Waals surface area contributed by atoms with Crippen molar-refractivity contribution in [1.82, 2.24) is 19.9 Å². The van der Waals surface area contributed by atoms with Crippen molar-refractivity contribution in [3.63, 3.8) is 0 Å². The van der Waals surface area contributed by atoms with Crippen LogP contribution in [-0.4, -0.2) is 19.9 Å². The zero-order valence-corrected chi connectivity index (χ0v) is 32.8. The van der Waals surface area contributed by atoms with E-state index >= 15 is 17.6 Å². The number of H-pyrrole nitrogens is 2. The second-order valence-corrected chi connectivity index (χ2v) is 15.2. The fraction of sp³-hybridized carbons (Fsp3) is 0.120. The lowest BCUT2D eigenvalue weighted by atomic mass is 9.92. The lowest BCUT2D eigenvalue weighted by Gasteiger charge is -2.13. The number of aromatic amines is 2. The van der Waals surface area contributed by atoms with E-state index < -0.39 is 23.3 Å². The summed E-state index contributed by atoms with van der Waals surface area (Å²) in [6, 6.07) is 23.3. The molecule has 0 radical (unpaired) electrons. The van der Waals surface area contributed by atoms with Gasteiger partial charge in [0.1, 0.15) is 23.3 Å². The van der Waals surface area contributed by atoms with Gasteiger partial charge in [-0.1, -0.05) is 47.5 Å². The highest BCUT2D eigenvalue weighted by molar-refractivity contribution is 6.01. The molecule has 0 fully saturated rings. The van der Waals surface area contributed by atoms with Crippen LogP contribution in [0.5, 0.6) is 0 Å². The molecule has 3 aromatic heterocycles. The summed E-state index contributed by atoms with van der Waals surface area (Å²) >= 11 is 0. The van der Waals surface area contributed by atoms with Gasteiger partial charge in [-0.25, -0.2) is 27.5 Å². The van der Waals surface area contributed by atoms with E-state index in [0.717, 1.165) is 44.5 Å². The van der Waals surface area contributed by atoms with Crippen LogP contribution >= 0.6 is 0 Å². The predicted molar refractivity (Wildman–Crippen MR) is 229 cm³/mol. The van der Waals surface area contributed by atoms with E-state index in [1.807, 2.05) is 65.8 Å². The topological polar surface area (TPSA) is 57.4 Å². The maximum atomic E-state index is 16.0. The van der Waals surface area contributed by atoms with E-state index in [-0.39, 0.29) is 22.3 Å². The Morgan fingerprint density at radius 1 is 0.345 bits per heavy atom. The fourth-order valence-electron chi connectivity index (χ4n) is 8.88. The van der Waals surface area contributed by atoms with Crippen molar-refractivity contribution < 1.29 is 17.6 Å². The minimum atomic E-state index is -0.728. The predicted octanol–water partition coefficient (Wildman–Crippen LogP) is 13.7. The zero-order valence-electron chi connectivity index (χ0n) is 32.8. The van der Waals surface area contributed by atoms with Crippen LogP contribution in [0.3, 0.4) is 0 Å². The average Bonchev–Trinajstić information content (AvgIpc) is 4.00. The maximum absolute atomic E-state index is 16.0. The monoisotopic (exact) mass is 770 g/mol. The van der Waals surface area contributed by atoms with Crippen molar-refractivity contribution >= 4 is 46.4 Å². The van der Waals surface area contributed by atoms with Crippen LogP contribution in [-0.2, 0) is 0 Å². The standard InChI is InChI=1S/C50H38F4N4/c1-25-21-27(3)43(28(4)22-25)47-35-13-17-39(55-35)49(45-31(51)9-7-10-32(45)52)41-19-15-37(57-41)48(44-29(5)23-26(2)24-30(44)6)38-16-20-42(58-38)50(40-18-14-36(47)56-40)46-33(53)11-8-12-34(46)54/h7-24,55,58H,1-6H3. The van der Waals surface area contributed by atoms with Crippen LogP contribution in [0.25, 0.3) is 90.9 Å². The van der Waals surface area contributed by atoms with Gasteiger partial charge in [-0.3, -0.25) is 0 Å². The van der Waals surface area contributed by atoms with Gasteiger partial charge in [0.05, 0.1) is 33.9 Å². The van der Waals surface area contributed by atoms with E-state index in [4.69, 9.17) is 9.97 Å². The lowest BCUT2D eigenvalue weighted by molar-refractivity contribution is 0.589. The number of hydrogen-bond acceptors (Lipinski definition) is 2. The number of fused-ring (bicyclic) bond motifs is 8. The molecule has 8 bridgehead atoms. The number of aryl methyl sites for hydroxylation is 6. The molecule has 2 aliphatic heterocycles. The van der Waals surface area contributed by atoms with Crippen molar-refractivity contribution in [2.75, 3.05) is 0 Å². The third-order valence-corrected chi connectivity index (χ3v) is 11.0.